The highest BCUT2D eigenvalue weighted by Gasteiger charge is 2.30. The van der Waals surface area contributed by atoms with Gasteiger partial charge >= 0.3 is 0 Å². The molecule has 28 heavy (non-hydrogen) atoms. The van der Waals surface area contributed by atoms with Gasteiger partial charge in [0.15, 0.2) is 0 Å². The summed E-state index contributed by atoms with van der Waals surface area (Å²) >= 11 is 0. The monoisotopic (exact) mass is 383 g/mol. The highest BCUT2D eigenvalue weighted by atomic mass is 16.5. The molecule has 4 rings (SSSR count). The van der Waals surface area contributed by atoms with E-state index >= 15 is 0 Å². The molecule has 2 fully saturated rings. The SMILES string of the molecule is Cc1ccc(CNC(=O)c2ccc(NC(=O)C3CC3)cc2N2CCOCC2)o1. The van der Waals surface area contributed by atoms with Gasteiger partial charge < -0.3 is 24.7 Å². The minimum Gasteiger partial charge on any atom is -0.465 e. The lowest BCUT2D eigenvalue weighted by Gasteiger charge is -2.30. The van der Waals surface area contributed by atoms with Crippen molar-refractivity contribution in [2.75, 3.05) is 36.5 Å². The summed E-state index contributed by atoms with van der Waals surface area (Å²) in [6, 6.07) is 9.18. The molecule has 2 heterocycles. The minimum atomic E-state index is -0.171. The van der Waals surface area contributed by atoms with E-state index in [4.69, 9.17) is 9.15 Å². The maximum Gasteiger partial charge on any atom is 0.253 e. The number of hydrogen-bond acceptors (Lipinski definition) is 5. The van der Waals surface area contributed by atoms with Crippen LogP contribution in [0.3, 0.4) is 0 Å². The summed E-state index contributed by atoms with van der Waals surface area (Å²) in [5, 5.41) is 5.89. The van der Waals surface area contributed by atoms with Crippen LogP contribution in [0.2, 0.25) is 0 Å². The Morgan fingerprint density at radius 2 is 1.93 bits per heavy atom. The van der Waals surface area contributed by atoms with E-state index in [1.165, 1.54) is 0 Å². The first kappa shape index (κ1) is 18.6. The van der Waals surface area contributed by atoms with Gasteiger partial charge in [-0.3, -0.25) is 9.59 Å². The van der Waals surface area contributed by atoms with Crippen LogP contribution in [0.5, 0.6) is 0 Å². The molecule has 0 unspecified atom stereocenters. The number of nitrogens with zero attached hydrogens (tertiary/aromatic N) is 1. The number of hydrogen-bond donors (Lipinski definition) is 2. The fraction of sp³-hybridized carbons (Fsp3) is 0.429. The number of morpholine rings is 1. The smallest absolute Gasteiger partial charge is 0.253 e. The Kier molecular flexibility index (Phi) is 5.34. The van der Waals surface area contributed by atoms with E-state index in [1.807, 2.05) is 25.1 Å². The molecule has 2 aromatic rings. The maximum absolute atomic E-state index is 12.8. The van der Waals surface area contributed by atoms with E-state index in [0.29, 0.717) is 44.2 Å². The quantitative estimate of drug-likeness (QED) is 0.801. The third-order valence-corrected chi connectivity index (χ3v) is 5.03. The van der Waals surface area contributed by atoms with Crippen molar-refractivity contribution in [2.45, 2.75) is 26.3 Å². The Morgan fingerprint density at radius 1 is 1.14 bits per heavy atom. The van der Waals surface area contributed by atoms with Crippen molar-refractivity contribution in [2.24, 2.45) is 5.92 Å². The molecule has 0 radical (unpaired) electrons. The van der Waals surface area contributed by atoms with Gasteiger partial charge in [-0.25, -0.2) is 0 Å². The van der Waals surface area contributed by atoms with Crippen LogP contribution in [0, 0.1) is 12.8 Å². The molecule has 1 aliphatic carbocycles. The molecule has 1 saturated carbocycles. The highest BCUT2D eigenvalue weighted by molar-refractivity contribution is 6.02. The number of furan rings is 1. The van der Waals surface area contributed by atoms with Gasteiger partial charge in [-0.15, -0.1) is 0 Å². The highest BCUT2D eigenvalue weighted by Crippen LogP contribution is 2.31. The molecular weight excluding hydrogens is 358 g/mol. The molecule has 2 amide bonds. The van der Waals surface area contributed by atoms with Gasteiger partial charge in [0.1, 0.15) is 11.5 Å². The molecule has 2 N–H and O–H groups in total. The van der Waals surface area contributed by atoms with Gasteiger partial charge in [-0.05, 0) is 50.1 Å². The van der Waals surface area contributed by atoms with Crippen molar-refractivity contribution < 1.29 is 18.7 Å². The van der Waals surface area contributed by atoms with Gasteiger partial charge in [0.2, 0.25) is 5.91 Å². The summed E-state index contributed by atoms with van der Waals surface area (Å²) in [4.78, 5) is 27.1. The minimum absolute atomic E-state index is 0.0540. The molecule has 7 heteroatoms. The lowest BCUT2D eigenvalue weighted by molar-refractivity contribution is -0.117. The largest absolute Gasteiger partial charge is 0.465 e. The van der Waals surface area contributed by atoms with E-state index < -0.39 is 0 Å². The average Bonchev–Trinajstić information content (AvgIpc) is 3.49. The maximum atomic E-state index is 12.8. The second kappa shape index (κ2) is 8.06. The molecule has 1 aromatic carbocycles. The normalized spacial score (nSPS) is 16.7. The molecule has 1 aliphatic heterocycles. The first-order valence-corrected chi connectivity index (χ1v) is 9.71. The van der Waals surface area contributed by atoms with Gasteiger partial charge in [-0.2, -0.15) is 0 Å². The molecule has 7 nitrogen and oxygen atoms in total. The first-order chi connectivity index (χ1) is 13.6. The molecule has 148 valence electrons. The van der Waals surface area contributed by atoms with Crippen LogP contribution < -0.4 is 15.5 Å². The van der Waals surface area contributed by atoms with Crippen molar-refractivity contribution in [3.8, 4) is 0 Å². The van der Waals surface area contributed by atoms with Crippen LogP contribution in [0.4, 0.5) is 11.4 Å². The number of ether oxygens (including phenoxy) is 1. The summed E-state index contributed by atoms with van der Waals surface area (Å²) in [5.74, 6) is 1.54. The van der Waals surface area contributed by atoms with Crippen LogP contribution in [-0.2, 0) is 16.1 Å². The van der Waals surface area contributed by atoms with E-state index in [-0.39, 0.29) is 17.7 Å². The zero-order valence-corrected chi connectivity index (χ0v) is 16.0. The zero-order chi connectivity index (χ0) is 19.5. The summed E-state index contributed by atoms with van der Waals surface area (Å²) in [5.41, 5.74) is 2.11. The van der Waals surface area contributed by atoms with Crippen molar-refractivity contribution >= 4 is 23.2 Å². The second-order valence-electron chi connectivity index (χ2n) is 7.29. The van der Waals surface area contributed by atoms with Crippen LogP contribution in [0.1, 0.15) is 34.7 Å². The summed E-state index contributed by atoms with van der Waals surface area (Å²) in [6.07, 6.45) is 1.91. The van der Waals surface area contributed by atoms with Gasteiger partial charge in [0.05, 0.1) is 31.0 Å². The Morgan fingerprint density at radius 3 is 2.61 bits per heavy atom. The van der Waals surface area contributed by atoms with Gasteiger partial charge in [-0.1, -0.05) is 0 Å². The van der Waals surface area contributed by atoms with E-state index in [0.717, 1.165) is 30.0 Å². The molecule has 1 aromatic heterocycles. The van der Waals surface area contributed by atoms with Crippen molar-refractivity contribution in [1.29, 1.82) is 0 Å². The van der Waals surface area contributed by atoms with Crippen molar-refractivity contribution in [3.63, 3.8) is 0 Å². The summed E-state index contributed by atoms with van der Waals surface area (Å²) in [6.45, 7) is 4.85. The average molecular weight is 383 g/mol. The lowest BCUT2D eigenvalue weighted by atomic mass is 10.1. The number of carbonyl (C=O) groups excluding carboxylic acids is 2. The number of aryl methyl sites for hydroxylation is 1. The topological polar surface area (TPSA) is 83.8 Å². The lowest BCUT2D eigenvalue weighted by Crippen LogP contribution is -2.38. The Balaban J connectivity index is 1.53. The third kappa shape index (κ3) is 4.36. The predicted molar refractivity (Wildman–Crippen MR) is 105 cm³/mol. The zero-order valence-electron chi connectivity index (χ0n) is 16.0. The number of nitrogens with one attached hydrogen (secondary N) is 2. The van der Waals surface area contributed by atoms with E-state index in [1.54, 1.807) is 12.1 Å². The second-order valence-corrected chi connectivity index (χ2v) is 7.29. The molecule has 0 atom stereocenters. The number of amides is 2. The first-order valence-electron chi connectivity index (χ1n) is 9.71. The van der Waals surface area contributed by atoms with Crippen molar-refractivity contribution in [3.05, 3.63) is 47.4 Å². The Bertz CT molecular complexity index is 866. The number of rotatable bonds is 6. The predicted octanol–water partition coefficient (Wildman–Crippen LogP) is 2.70. The van der Waals surface area contributed by atoms with Crippen LogP contribution in [-0.4, -0.2) is 38.1 Å². The van der Waals surface area contributed by atoms with E-state index in [2.05, 4.69) is 15.5 Å². The molecule has 0 spiro atoms. The van der Waals surface area contributed by atoms with Crippen LogP contribution in [0.15, 0.2) is 34.7 Å². The van der Waals surface area contributed by atoms with E-state index in [9.17, 15) is 9.59 Å². The van der Waals surface area contributed by atoms with Gasteiger partial charge in [0.25, 0.3) is 5.91 Å². The van der Waals surface area contributed by atoms with Crippen molar-refractivity contribution in [1.82, 2.24) is 5.32 Å². The van der Waals surface area contributed by atoms with Crippen LogP contribution in [0.25, 0.3) is 0 Å². The third-order valence-electron chi connectivity index (χ3n) is 5.03. The summed E-state index contributed by atoms with van der Waals surface area (Å²) in [7, 11) is 0. The number of anilines is 2. The number of benzene rings is 1. The molecule has 2 aliphatic rings. The fourth-order valence-electron chi connectivity index (χ4n) is 3.30. The fourth-order valence-corrected chi connectivity index (χ4v) is 3.30. The molecular formula is C21H25N3O4. The Labute approximate surface area is 164 Å². The number of carbonyl (C=O) groups is 2. The molecule has 1 saturated heterocycles. The van der Waals surface area contributed by atoms with Crippen LogP contribution >= 0.6 is 0 Å². The van der Waals surface area contributed by atoms with Gasteiger partial charge in [0, 0.05) is 24.7 Å². The standard InChI is InChI=1S/C21H25N3O4/c1-14-2-6-17(28-14)13-22-21(26)18-7-5-16(23-20(25)15-3-4-15)12-19(18)24-8-10-27-11-9-24/h2,5-7,12,15H,3-4,8-11,13H2,1H3,(H,22,26)(H,23,25). The Hall–Kier alpha value is -2.80. The molecule has 0 bridgehead atoms. The summed E-state index contributed by atoms with van der Waals surface area (Å²) < 4.78 is 11.0.